The molecule has 5 nitrogen and oxygen atoms in total. The van der Waals surface area contributed by atoms with Crippen LogP contribution in [0.3, 0.4) is 0 Å². The van der Waals surface area contributed by atoms with Gasteiger partial charge in [0.15, 0.2) is 0 Å². The minimum atomic E-state index is 0.145. The van der Waals surface area contributed by atoms with Crippen molar-refractivity contribution in [3.05, 3.63) is 12.2 Å². The molecular weight excluding hydrogens is 226 g/mol. The standard InChI is InChI=1S/C13H27N5/c1-5-7-17(10-13(3,4)9-14)8-12-15-11-16-18(12)6-2/h11H,5-10,14H2,1-4H3. The van der Waals surface area contributed by atoms with Crippen LogP contribution in [0.5, 0.6) is 0 Å². The van der Waals surface area contributed by atoms with Crippen LogP contribution in [0.1, 0.15) is 39.9 Å². The predicted octanol–water partition coefficient (Wildman–Crippen LogP) is 1.49. The lowest BCUT2D eigenvalue weighted by molar-refractivity contribution is 0.170. The van der Waals surface area contributed by atoms with Gasteiger partial charge < -0.3 is 5.73 Å². The van der Waals surface area contributed by atoms with Crippen molar-refractivity contribution in [2.45, 2.75) is 47.2 Å². The fourth-order valence-corrected chi connectivity index (χ4v) is 2.07. The Hall–Kier alpha value is -0.940. The third kappa shape index (κ3) is 4.38. The number of aromatic nitrogens is 3. The number of hydrogen-bond donors (Lipinski definition) is 1. The largest absolute Gasteiger partial charge is 0.330 e. The Labute approximate surface area is 110 Å². The Bertz CT molecular complexity index is 345. The normalized spacial score (nSPS) is 12.3. The first-order valence-corrected chi connectivity index (χ1v) is 6.81. The van der Waals surface area contributed by atoms with E-state index >= 15 is 0 Å². The van der Waals surface area contributed by atoms with Gasteiger partial charge in [0, 0.05) is 13.1 Å². The molecule has 1 rings (SSSR count). The summed E-state index contributed by atoms with van der Waals surface area (Å²) >= 11 is 0. The average Bonchev–Trinajstić information content (AvgIpc) is 2.76. The average molecular weight is 253 g/mol. The fraction of sp³-hybridized carbons (Fsp3) is 0.846. The highest BCUT2D eigenvalue weighted by atomic mass is 15.3. The van der Waals surface area contributed by atoms with Crippen LogP contribution >= 0.6 is 0 Å². The van der Waals surface area contributed by atoms with Gasteiger partial charge in [-0.25, -0.2) is 9.67 Å². The predicted molar refractivity (Wildman–Crippen MR) is 74.1 cm³/mol. The molecule has 2 N–H and O–H groups in total. The van der Waals surface area contributed by atoms with E-state index in [1.165, 1.54) is 0 Å². The van der Waals surface area contributed by atoms with Gasteiger partial charge in [-0.05, 0) is 31.8 Å². The monoisotopic (exact) mass is 253 g/mol. The van der Waals surface area contributed by atoms with Gasteiger partial charge in [-0.2, -0.15) is 5.10 Å². The fourth-order valence-electron chi connectivity index (χ4n) is 2.07. The van der Waals surface area contributed by atoms with E-state index < -0.39 is 0 Å². The molecule has 1 aromatic heterocycles. The highest BCUT2D eigenvalue weighted by Crippen LogP contribution is 2.16. The van der Waals surface area contributed by atoms with Crippen molar-refractivity contribution in [3.63, 3.8) is 0 Å². The lowest BCUT2D eigenvalue weighted by atomic mass is 9.93. The second-order valence-electron chi connectivity index (χ2n) is 5.57. The van der Waals surface area contributed by atoms with E-state index in [2.05, 4.69) is 42.7 Å². The number of aryl methyl sites for hydroxylation is 1. The summed E-state index contributed by atoms with van der Waals surface area (Å²) in [5, 5.41) is 4.22. The van der Waals surface area contributed by atoms with Crippen LogP contribution in [-0.2, 0) is 13.1 Å². The van der Waals surface area contributed by atoms with Crippen LogP contribution in [0, 0.1) is 5.41 Å². The van der Waals surface area contributed by atoms with Gasteiger partial charge in [-0.3, -0.25) is 4.90 Å². The Morgan fingerprint density at radius 1 is 1.39 bits per heavy atom. The molecule has 5 heteroatoms. The van der Waals surface area contributed by atoms with E-state index in [1.54, 1.807) is 6.33 Å². The number of rotatable bonds is 8. The minimum absolute atomic E-state index is 0.145. The SMILES string of the molecule is CCCN(Cc1ncnn1CC)CC(C)(C)CN. The van der Waals surface area contributed by atoms with Crippen molar-refractivity contribution in [3.8, 4) is 0 Å². The van der Waals surface area contributed by atoms with Gasteiger partial charge in [-0.15, -0.1) is 0 Å². The number of nitrogens with two attached hydrogens (primary N) is 1. The molecule has 1 aromatic rings. The third-order valence-electron chi connectivity index (χ3n) is 3.10. The summed E-state index contributed by atoms with van der Waals surface area (Å²) in [6.07, 6.45) is 2.78. The van der Waals surface area contributed by atoms with E-state index in [0.29, 0.717) is 6.54 Å². The first kappa shape index (κ1) is 15.1. The molecule has 0 aliphatic carbocycles. The van der Waals surface area contributed by atoms with E-state index in [4.69, 9.17) is 5.73 Å². The topological polar surface area (TPSA) is 60.0 Å². The van der Waals surface area contributed by atoms with Crippen LogP contribution in [0.15, 0.2) is 6.33 Å². The van der Waals surface area contributed by atoms with Crippen molar-refractivity contribution >= 4 is 0 Å². The van der Waals surface area contributed by atoms with Gasteiger partial charge in [0.1, 0.15) is 12.2 Å². The molecule has 0 amide bonds. The summed E-state index contributed by atoms with van der Waals surface area (Å²) in [6, 6.07) is 0. The van der Waals surface area contributed by atoms with Crippen LogP contribution in [0.2, 0.25) is 0 Å². The maximum Gasteiger partial charge on any atom is 0.140 e. The molecule has 0 saturated heterocycles. The maximum absolute atomic E-state index is 5.82. The first-order valence-electron chi connectivity index (χ1n) is 6.81. The summed E-state index contributed by atoms with van der Waals surface area (Å²) in [6.45, 7) is 13.2. The lowest BCUT2D eigenvalue weighted by Gasteiger charge is -2.31. The molecule has 104 valence electrons. The number of nitrogens with zero attached hydrogens (tertiary/aromatic N) is 4. The molecule has 0 unspecified atom stereocenters. The minimum Gasteiger partial charge on any atom is -0.330 e. The zero-order valence-corrected chi connectivity index (χ0v) is 12.2. The van der Waals surface area contributed by atoms with E-state index in [-0.39, 0.29) is 5.41 Å². The second kappa shape index (κ2) is 6.85. The highest BCUT2D eigenvalue weighted by molar-refractivity contribution is 4.86. The second-order valence-corrected chi connectivity index (χ2v) is 5.57. The van der Waals surface area contributed by atoms with E-state index in [9.17, 15) is 0 Å². The Morgan fingerprint density at radius 2 is 2.11 bits per heavy atom. The molecule has 0 aliphatic rings. The lowest BCUT2D eigenvalue weighted by Crippen LogP contribution is -2.39. The van der Waals surface area contributed by atoms with Gasteiger partial charge in [0.25, 0.3) is 0 Å². The Morgan fingerprint density at radius 3 is 2.67 bits per heavy atom. The summed E-state index contributed by atoms with van der Waals surface area (Å²) in [5.41, 5.74) is 5.97. The Kier molecular flexibility index (Phi) is 5.75. The van der Waals surface area contributed by atoms with Gasteiger partial charge in [-0.1, -0.05) is 20.8 Å². The van der Waals surface area contributed by atoms with Crippen molar-refractivity contribution in [1.29, 1.82) is 0 Å². The molecule has 0 aromatic carbocycles. The van der Waals surface area contributed by atoms with Crippen molar-refractivity contribution in [1.82, 2.24) is 19.7 Å². The molecule has 0 atom stereocenters. The molecule has 0 radical (unpaired) electrons. The molecule has 0 bridgehead atoms. The summed E-state index contributed by atoms with van der Waals surface area (Å²) in [7, 11) is 0. The van der Waals surface area contributed by atoms with Crippen LogP contribution in [-0.4, -0.2) is 39.3 Å². The molecule has 0 spiro atoms. The summed E-state index contributed by atoms with van der Waals surface area (Å²) < 4.78 is 1.96. The van der Waals surface area contributed by atoms with Crippen molar-refractivity contribution < 1.29 is 0 Å². The van der Waals surface area contributed by atoms with Crippen molar-refractivity contribution in [2.24, 2.45) is 11.1 Å². The van der Waals surface area contributed by atoms with Crippen LogP contribution < -0.4 is 5.73 Å². The molecule has 18 heavy (non-hydrogen) atoms. The van der Waals surface area contributed by atoms with Gasteiger partial charge in [0.05, 0.1) is 6.54 Å². The molecule has 0 aliphatic heterocycles. The maximum atomic E-state index is 5.82. The molecule has 0 saturated carbocycles. The quantitative estimate of drug-likeness (QED) is 0.762. The zero-order chi connectivity index (χ0) is 13.6. The van der Waals surface area contributed by atoms with E-state index in [0.717, 1.165) is 38.4 Å². The highest BCUT2D eigenvalue weighted by Gasteiger charge is 2.21. The van der Waals surface area contributed by atoms with E-state index in [1.807, 2.05) is 4.68 Å². The number of hydrogen-bond acceptors (Lipinski definition) is 4. The van der Waals surface area contributed by atoms with Gasteiger partial charge >= 0.3 is 0 Å². The molecular formula is C13H27N5. The smallest absolute Gasteiger partial charge is 0.140 e. The third-order valence-corrected chi connectivity index (χ3v) is 3.10. The van der Waals surface area contributed by atoms with Crippen LogP contribution in [0.4, 0.5) is 0 Å². The molecule has 1 heterocycles. The summed E-state index contributed by atoms with van der Waals surface area (Å²) in [4.78, 5) is 6.76. The molecule has 0 fully saturated rings. The summed E-state index contributed by atoms with van der Waals surface area (Å²) in [5.74, 6) is 1.04. The van der Waals surface area contributed by atoms with Crippen LogP contribution in [0.25, 0.3) is 0 Å². The Balaban J connectivity index is 2.68. The first-order chi connectivity index (χ1) is 8.52. The zero-order valence-electron chi connectivity index (χ0n) is 12.2. The van der Waals surface area contributed by atoms with Gasteiger partial charge in [0.2, 0.25) is 0 Å². The van der Waals surface area contributed by atoms with Crippen molar-refractivity contribution in [2.75, 3.05) is 19.6 Å².